The van der Waals surface area contributed by atoms with Gasteiger partial charge in [-0.1, -0.05) is 25.0 Å². The van der Waals surface area contributed by atoms with E-state index < -0.39 is 0 Å². The Hall–Kier alpha value is -1.27. The van der Waals surface area contributed by atoms with E-state index >= 15 is 0 Å². The molecule has 0 atom stereocenters. The summed E-state index contributed by atoms with van der Waals surface area (Å²) in [5, 5.41) is 9.29. The van der Waals surface area contributed by atoms with Crippen molar-refractivity contribution in [3.63, 3.8) is 0 Å². The largest absolute Gasteiger partial charge is 0.379 e. The van der Waals surface area contributed by atoms with Gasteiger partial charge in [-0.2, -0.15) is 0 Å². The van der Waals surface area contributed by atoms with Crippen LogP contribution in [0.25, 0.3) is 10.7 Å². The third-order valence-corrected chi connectivity index (χ3v) is 5.12. The molecular formula is C15H22N4OS. The highest BCUT2D eigenvalue weighted by Crippen LogP contribution is 2.25. The Kier molecular flexibility index (Phi) is 4.98. The lowest BCUT2D eigenvalue weighted by atomic mass is 10.1. The second kappa shape index (κ2) is 7.13. The number of aromatic nitrogens is 4. The summed E-state index contributed by atoms with van der Waals surface area (Å²) in [6.07, 6.45) is 10.3. The number of aryl methyl sites for hydroxylation is 1. The number of rotatable bonds is 7. The first-order valence-electron chi connectivity index (χ1n) is 7.78. The van der Waals surface area contributed by atoms with E-state index in [1.54, 1.807) is 11.3 Å². The van der Waals surface area contributed by atoms with Gasteiger partial charge in [0.05, 0.1) is 19.3 Å². The Morgan fingerprint density at radius 3 is 3.00 bits per heavy atom. The van der Waals surface area contributed by atoms with Crippen LogP contribution in [0.2, 0.25) is 0 Å². The van der Waals surface area contributed by atoms with E-state index in [0.29, 0.717) is 6.61 Å². The fourth-order valence-electron chi connectivity index (χ4n) is 2.68. The Bertz CT molecular complexity index is 560. The maximum absolute atomic E-state index is 5.76. The van der Waals surface area contributed by atoms with Gasteiger partial charge in [0.25, 0.3) is 0 Å². The van der Waals surface area contributed by atoms with Gasteiger partial charge in [0.1, 0.15) is 10.7 Å². The van der Waals surface area contributed by atoms with Crippen molar-refractivity contribution >= 4 is 11.3 Å². The minimum atomic E-state index is 0.706. The van der Waals surface area contributed by atoms with E-state index in [2.05, 4.69) is 22.2 Å². The molecule has 114 valence electrons. The molecule has 0 aromatic carbocycles. The third-order valence-electron chi connectivity index (χ3n) is 3.95. The maximum atomic E-state index is 5.76. The number of ether oxygens (including phenoxy) is 1. The summed E-state index contributed by atoms with van der Waals surface area (Å²) in [6, 6.07) is 0. The van der Waals surface area contributed by atoms with Crippen molar-refractivity contribution in [3.8, 4) is 10.7 Å². The molecule has 3 rings (SSSR count). The van der Waals surface area contributed by atoms with Crippen LogP contribution in [0.15, 0.2) is 12.4 Å². The van der Waals surface area contributed by atoms with E-state index in [9.17, 15) is 0 Å². The Morgan fingerprint density at radius 1 is 1.38 bits per heavy atom. The van der Waals surface area contributed by atoms with Crippen LogP contribution in [0, 0.1) is 5.92 Å². The molecule has 2 aromatic rings. The van der Waals surface area contributed by atoms with Crippen LogP contribution in [-0.2, 0) is 17.7 Å². The van der Waals surface area contributed by atoms with Crippen LogP contribution in [0.5, 0.6) is 0 Å². The summed E-state index contributed by atoms with van der Waals surface area (Å²) in [7, 11) is 0. The first kappa shape index (κ1) is 14.7. The topological polar surface area (TPSA) is 52.8 Å². The molecular weight excluding hydrogens is 284 g/mol. The van der Waals surface area contributed by atoms with Gasteiger partial charge in [0, 0.05) is 17.7 Å². The van der Waals surface area contributed by atoms with Crippen molar-refractivity contribution in [2.75, 3.05) is 13.2 Å². The molecule has 2 aromatic heterocycles. The monoisotopic (exact) mass is 306 g/mol. The SMILES string of the molecule is CCc1cnc(-c2cn(CCOCC3CCCC3)nn2)s1. The molecule has 1 aliphatic carbocycles. The normalized spacial score (nSPS) is 15.9. The maximum Gasteiger partial charge on any atom is 0.145 e. The van der Waals surface area contributed by atoms with Gasteiger partial charge in [0.2, 0.25) is 0 Å². The van der Waals surface area contributed by atoms with Gasteiger partial charge < -0.3 is 4.74 Å². The van der Waals surface area contributed by atoms with Crippen LogP contribution >= 0.6 is 11.3 Å². The fraction of sp³-hybridized carbons (Fsp3) is 0.667. The van der Waals surface area contributed by atoms with Crippen molar-refractivity contribution < 1.29 is 4.74 Å². The van der Waals surface area contributed by atoms with Crippen LogP contribution < -0.4 is 0 Å². The third kappa shape index (κ3) is 3.89. The first-order valence-corrected chi connectivity index (χ1v) is 8.59. The molecule has 1 saturated carbocycles. The Morgan fingerprint density at radius 2 is 2.24 bits per heavy atom. The minimum Gasteiger partial charge on any atom is -0.379 e. The number of hydrogen-bond acceptors (Lipinski definition) is 5. The molecule has 21 heavy (non-hydrogen) atoms. The van der Waals surface area contributed by atoms with E-state index in [1.807, 2.05) is 17.1 Å². The molecule has 2 heterocycles. The molecule has 0 amide bonds. The molecule has 0 spiro atoms. The summed E-state index contributed by atoms with van der Waals surface area (Å²) in [6.45, 7) is 4.49. The molecule has 0 unspecified atom stereocenters. The van der Waals surface area contributed by atoms with Crippen molar-refractivity contribution in [2.45, 2.75) is 45.6 Å². The van der Waals surface area contributed by atoms with Crippen LogP contribution in [0.1, 0.15) is 37.5 Å². The average Bonchev–Trinajstić information content (AvgIpc) is 3.23. The smallest absolute Gasteiger partial charge is 0.145 e. The summed E-state index contributed by atoms with van der Waals surface area (Å²) in [4.78, 5) is 5.67. The van der Waals surface area contributed by atoms with E-state index in [0.717, 1.165) is 36.2 Å². The second-order valence-corrected chi connectivity index (χ2v) is 6.69. The zero-order valence-electron chi connectivity index (χ0n) is 12.5. The molecule has 0 bridgehead atoms. The average molecular weight is 306 g/mol. The first-order chi connectivity index (χ1) is 10.3. The van der Waals surface area contributed by atoms with Gasteiger partial charge in [-0.25, -0.2) is 9.67 Å². The molecule has 0 saturated heterocycles. The molecule has 5 nitrogen and oxygen atoms in total. The summed E-state index contributed by atoms with van der Waals surface area (Å²) >= 11 is 1.69. The molecule has 0 aliphatic heterocycles. The minimum absolute atomic E-state index is 0.706. The molecule has 6 heteroatoms. The van der Waals surface area contributed by atoms with Gasteiger partial charge in [-0.15, -0.1) is 16.4 Å². The lowest BCUT2D eigenvalue weighted by Crippen LogP contribution is -2.11. The predicted molar refractivity (Wildman–Crippen MR) is 83.3 cm³/mol. The zero-order valence-corrected chi connectivity index (χ0v) is 13.3. The van der Waals surface area contributed by atoms with E-state index in [4.69, 9.17) is 4.74 Å². The lowest BCUT2D eigenvalue weighted by molar-refractivity contribution is 0.0926. The standard InChI is InChI=1S/C15H22N4OS/c1-2-13-9-16-15(21-13)14-10-19(18-17-14)7-8-20-11-12-5-3-4-6-12/h9-10,12H,2-8,11H2,1H3. The van der Waals surface area contributed by atoms with Gasteiger partial charge >= 0.3 is 0 Å². The van der Waals surface area contributed by atoms with Crippen LogP contribution in [-0.4, -0.2) is 33.2 Å². The molecule has 1 fully saturated rings. The fourth-order valence-corrected chi connectivity index (χ4v) is 3.48. The van der Waals surface area contributed by atoms with Gasteiger partial charge in [-0.05, 0) is 25.2 Å². The van der Waals surface area contributed by atoms with Gasteiger partial charge in [0.15, 0.2) is 0 Å². The predicted octanol–water partition coefficient (Wildman–Crippen LogP) is 3.17. The van der Waals surface area contributed by atoms with Crippen molar-refractivity contribution in [1.29, 1.82) is 0 Å². The van der Waals surface area contributed by atoms with Gasteiger partial charge in [-0.3, -0.25) is 0 Å². The van der Waals surface area contributed by atoms with E-state index in [1.165, 1.54) is 30.6 Å². The number of hydrogen-bond donors (Lipinski definition) is 0. The number of thiazole rings is 1. The Labute approximate surface area is 129 Å². The van der Waals surface area contributed by atoms with E-state index in [-0.39, 0.29) is 0 Å². The highest BCUT2D eigenvalue weighted by molar-refractivity contribution is 7.14. The summed E-state index contributed by atoms with van der Waals surface area (Å²) < 4.78 is 7.60. The van der Waals surface area contributed by atoms with Crippen molar-refractivity contribution in [1.82, 2.24) is 20.0 Å². The molecule has 1 aliphatic rings. The zero-order chi connectivity index (χ0) is 14.5. The second-order valence-electron chi connectivity index (χ2n) is 5.58. The molecule has 0 N–H and O–H groups in total. The Balaban J connectivity index is 1.46. The van der Waals surface area contributed by atoms with Crippen LogP contribution in [0.4, 0.5) is 0 Å². The van der Waals surface area contributed by atoms with Crippen molar-refractivity contribution in [2.24, 2.45) is 5.92 Å². The lowest BCUT2D eigenvalue weighted by Gasteiger charge is -2.09. The summed E-state index contributed by atoms with van der Waals surface area (Å²) in [5.74, 6) is 0.777. The quantitative estimate of drug-likeness (QED) is 0.737. The van der Waals surface area contributed by atoms with Crippen LogP contribution in [0.3, 0.4) is 0 Å². The highest BCUT2D eigenvalue weighted by atomic mass is 32.1. The summed E-state index contributed by atoms with van der Waals surface area (Å²) in [5.41, 5.74) is 0.857. The highest BCUT2D eigenvalue weighted by Gasteiger charge is 2.14. The van der Waals surface area contributed by atoms with Crippen molar-refractivity contribution in [3.05, 3.63) is 17.3 Å². The molecule has 0 radical (unpaired) electrons. The number of nitrogens with zero attached hydrogens (tertiary/aromatic N) is 4.